The van der Waals surface area contributed by atoms with Crippen LogP contribution in [0, 0.1) is 19.3 Å². The zero-order chi connectivity index (χ0) is 42.6. The van der Waals surface area contributed by atoms with E-state index in [0.717, 1.165) is 76.5 Å². The summed E-state index contributed by atoms with van der Waals surface area (Å²) in [4.78, 5) is 26.1. The minimum absolute atomic E-state index is 0.0559. The lowest BCUT2D eigenvalue weighted by Gasteiger charge is -2.32. The van der Waals surface area contributed by atoms with Crippen LogP contribution in [0.2, 0.25) is 0 Å². The van der Waals surface area contributed by atoms with E-state index >= 15 is 0 Å². The normalized spacial score (nSPS) is 12.9. The maximum Gasteiger partial charge on any atom is 0.257 e. The zero-order valence-electron chi connectivity index (χ0n) is 37.6. The number of thiazole rings is 1. The smallest absolute Gasteiger partial charge is 0.257 e. The van der Waals surface area contributed by atoms with Crippen molar-refractivity contribution >= 4 is 44.0 Å². The molecule has 5 aromatic rings. The summed E-state index contributed by atoms with van der Waals surface area (Å²) in [6, 6.07) is 18.4. The number of pyridine rings is 1. The second-order valence-corrected chi connectivity index (χ2v) is 19.6. The van der Waals surface area contributed by atoms with E-state index in [0.29, 0.717) is 17.2 Å². The Labute approximate surface area is 364 Å². The van der Waals surface area contributed by atoms with Gasteiger partial charge in [-0.05, 0) is 105 Å². The highest BCUT2D eigenvalue weighted by atomic mass is 32.1. The molecule has 1 N–H and O–H groups in total. The molecule has 3 aromatic heterocycles. The number of nitrogens with zero attached hydrogens (tertiary/aromatic N) is 5. The molecule has 0 radical (unpaired) electrons. The summed E-state index contributed by atoms with van der Waals surface area (Å²) in [5.41, 5.74) is 11.7. The van der Waals surface area contributed by atoms with Crippen LogP contribution in [0.4, 0.5) is 10.9 Å². The van der Waals surface area contributed by atoms with Gasteiger partial charge in [0.1, 0.15) is 5.82 Å². The molecule has 0 spiro atoms. The molecule has 320 valence electrons. The number of anilines is 2. The minimum atomic E-state index is -0.129. The Morgan fingerprint density at radius 1 is 0.817 bits per heavy atom. The Bertz CT molecular complexity index is 2210. The van der Waals surface area contributed by atoms with Gasteiger partial charge in [0, 0.05) is 42.0 Å². The summed E-state index contributed by atoms with van der Waals surface area (Å²) in [5, 5.41) is 8.78. The number of hydrogen-bond donors (Lipinski definition) is 1. The van der Waals surface area contributed by atoms with E-state index in [9.17, 15) is 4.79 Å². The Hall–Kier alpha value is -4.56. The first-order valence-corrected chi connectivity index (χ1v) is 23.6. The number of benzene rings is 2. The second kappa shape index (κ2) is 21.3. The maximum atomic E-state index is 13.8. The summed E-state index contributed by atoms with van der Waals surface area (Å²) < 4.78 is 3.27. The molecule has 0 bridgehead atoms. The molecule has 6 rings (SSSR count). The average molecular weight is 827 g/mol. The van der Waals surface area contributed by atoms with Crippen molar-refractivity contribution in [3.8, 4) is 11.1 Å². The Balaban J connectivity index is 1.07. The van der Waals surface area contributed by atoms with Gasteiger partial charge >= 0.3 is 0 Å². The summed E-state index contributed by atoms with van der Waals surface area (Å²) in [5.74, 6) is 0.777. The molecule has 1 aliphatic rings. The van der Waals surface area contributed by atoms with Crippen LogP contribution in [0.5, 0.6) is 0 Å². The van der Waals surface area contributed by atoms with E-state index in [-0.39, 0.29) is 11.3 Å². The van der Waals surface area contributed by atoms with E-state index in [1.54, 1.807) is 0 Å². The largest absolute Gasteiger partial charge is 0.352 e. The molecule has 8 heteroatoms. The number of carbonyl (C=O) groups excluding carboxylic acids is 1. The third-order valence-corrected chi connectivity index (χ3v) is 12.9. The highest BCUT2D eigenvalue weighted by Gasteiger charge is 2.26. The first-order valence-electron chi connectivity index (χ1n) is 22.8. The quantitative estimate of drug-likeness (QED) is 0.0555. The lowest BCUT2D eigenvalue weighted by atomic mass is 9.85. The van der Waals surface area contributed by atoms with Crippen molar-refractivity contribution in [3.63, 3.8) is 0 Å². The summed E-state index contributed by atoms with van der Waals surface area (Å²) in [6.45, 7) is 24.3. The zero-order valence-corrected chi connectivity index (χ0v) is 38.4. The number of hydrogen-bond acceptors (Lipinski definition) is 6. The molecule has 7 nitrogen and oxygen atoms in total. The first-order chi connectivity index (χ1) is 28.9. The van der Waals surface area contributed by atoms with E-state index in [4.69, 9.17) is 10.1 Å². The molecule has 2 aromatic carbocycles. The highest BCUT2D eigenvalue weighted by molar-refractivity contribution is 7.22. The predicted molar refractivity (Wildman–Crippen MR) is 256 cm³/mol. The number of fused-ring (bicyclic) bond motifs is 2. The van der Waals surface area contributed by atoms with Gasteiger partial charge in [-0.3, -0.25) is 14.8 Å². The lowest BCUT2D eigenvalue weighted by Crippen LogP contribution is -2.33. The van der Waals surface area contributed by atoms with Gasteiger partial charge in [0.2, 0.25) is 0 Å². The van der Waals surface area contributed by atoms with E-state index < -0.39 is 0 Å². The van der Waals surface area contributed by atoms with Gasteiger partial charge in [0.05, 0.1) is 21.6 Å². The van der Waals surface area contributed by atoms with Gasteiger partial charge in [0.15, 0.2) is 5.13 Å². The van der Waals surface area contributed by atoms with Gasteiger partial charge in [0.25, 0.3) is 5.91 Å². The van der Waals surface area contributed by atoms with Gasteiger partial charge < -0.3 is 4.90 Å². The molecule has 1 amide bonds. The van der Waals surface area contributed by atoms with Gasteiger partial charge in [-0.2, -0.15) is 5.10 Å². The Kier molecular flexibility index (Phi) is 16.0. The monoisotopic (exact) mass is 827 g/mol. The number of aryl methyl sites for hydroxylation is 2. The van der Waals surface area contributed by atoms with Gasteiger partial charge in [-0.25, -0.2) is 9.97 Å². The predicted octanol–water partition coefficient (Wildman–Crippen LogP) is 14.5. The van der Waals surface area contributed by atoms with Gasteiger partial charge in [-0.1, -0.05) is 139 Å². The summed E-state index contributed by atoms with van der Waals surface area (Å²) in [7, 11) is 0. The number of para-hydroxylation sites is 1. The fourth-order valence-corrected chi connectivity index (χ4v) is 9.70. The van der Waals surface area contributed by atoms with Crippen LogP contribution in [0.25, 0.3) is 26.9 Å². The van der Waals surface area contributed by atoms with Crippen LogP contribution in [0.1, 0.15) is 163 Å². The van der Waals surface area contributed by atoms with Crippen LogP contribution in [0.15, 0.2) is 73.3 Å². The fraction of sp³-hybridized carbons (Fsp3) is 0.500. The molecule has 0 saturated heterocycles. The third kappa shape index (κ3) is 12.3. The first kappa shape index (κ1) is 45.0. The second-order valence-electron chi connectivity index (χ2n) is 18.5. The Morgan fingerprint density at radius 2 is 1.48 bits per heavy atom. The standard InChI is InChI=1S/C52H70N6OS/c1-37(2)25-20-18-16-14-12-10-9-11-13-15-17-19-23-33-58-40(5)48(39(4)56-58)43-30-31-47(54-49(43)38(3)35-52(6,7)8)57-34-32-41-26-24-27-42(44(41)36-57)50(59)55-51-53-45-28-21-22-29-46(45)60-51/h21-22,24,26-31H,1,3,9-20,23,25,32-36H2,2,4-8H3,(H,53,55,59). The molecule has 4 heterocycles. The number of allylic oxidation sites excluding steroid dienone is 2. The SMILES string of the molecule is C=C(C)CCCCCCCCCCCCCCCn1nc(C)c(-c2ccc(N3CCc4cccc(C(=O)Nc5nc6ccccc6s5)c4C3)nc2C(=C)CC(C)(C)C)c1C. The van der Waals surface area contributed by atoms with E-state index in [1.807, 2.05) is 36.4 Å². The molecule has 1 aliphatic heterocycles. The third-order valence-electron chi connectivity index (χ3n) is 11.9. The topological polar surface area (TPSA) is 75.9 Å². The van der Waals surface area contributed by atoms with Crippen LogP contribution >= 0.6 is 11.3 Å². The number of rotatable bonds is 22. The van der Waals surface area contributed by atoms with E-state index in [1.165, 1.54) is 117 Å². The number of amides is 1. The molecular formula is C52H70N6OS. The lowest BCUT2D eigenvalue weighted by molar-refractivity contribution is 0.102. The van der Waals surface area contributed by atoms with Crippen molar-refractivity contribution in [2.75, 3.05) is 16.8 Å². The summed E-state index contributed by atoms with van der Waals surface area (Å²) in [6.07, 6.45) is 20.2. The summed E-state index contributed by atoms with van der Waals surface area (Å²) >= 11 is 1.50. The molecular weight excluding hydrogens is 757 g/mol. The minimum Gasteiger partial charge on any atom is -0.352 e. The van der Waals surface area contributed by atoms with Crippen LogP contribution < -0.4 is 10.2 Å². The van der Waals surface area contributed by atoms with Crippen molar-refractivity contribution in [2.24, 2.45) is 5.41 Å². The van der Waals surface area contributed by atoms with Crippen molar-refractivity contribution in [1.29, 1.82) is 0 Å². The fourth-order valence-electron chi connectivity index (χ4n) is 8.84. The van der Waals surface area contributed by atoms with Crippen molar-refractivity contribution in [2.45, 2.75) is 157 Å². The van der Waals surface area contributed by atoms with Crippen LogP contribution in [0.3, 0.4) is 0 Å². The highest BCUT2D eigenvalue weighted by Crippen LogP contribution is 2.39. The molecule has 0 fully saturated rings. The van der Waals surface area contributed by atoms with Gasteiger partial charge in [-0.15, -0.1) is 6.58 Å². The van der Waals surface area contributed by atoms with Crippen LogP contribution in [-0.4, -0.2) is 32.2 Å². The maximum absolute atomic E-state index is 13.8. The molecule has 0 unspecified atom stereocenters. The van der Waals surface area contributed by atoms with Crippen molar-refractivity contribution in [3.05, 3.63) is 107 Å². The number of carbonyl (C=O) groups is 1. The Morgan fingerprint density at radius 3 is 2.15 bits per heavy atom. The number of unbranched alkanes of at least 4 members (excludes halogenated alkanes) is 12. The van der Waals surface area contributed by atoms with Crippen molar-refractivity contribution in [1.82, 2.24) is 19.7 Å². The molecule has 0 saturated carbocycles. The number of nitrogens with one attached hydrogen (secondary N) is 1. The molecule has 60 heavy (non-hydrogen) atoms. The van der Waals surface area contributed by atoms with Crippen molar-refractivity contribution < 1.29 is 4.79 Å². The van der Waals surface area contributed by atoms with Crippen LogP contribution in [-0.2, 0) is 19.5 Å². The van der Waals surface area contributed by atoms with E-state index in [2.05, 4.69) is 92.8 Å². The average Bonchev–Trinajstić information content (AvgIpc) is 3.75. The molecule has 0 atom stereocenters. The number of aromatic nitrogens is 4. The molecule has 0 aliphatic carbocycles.